The van der Waals surface area contributed by atoms with E-state index < -0.39 is 0 Å². The van der Waals surface area contributed by atoms with Gasteiger partial charge in [0.25, 0.3) is 5.91 Å². The van der Waals surface area contributed by atoms with Crippen LogP contribution < -0.4 is 5.32 Å². The molecule has 1 aliphatic rings. The van der Waals surface area contributed by atoms with Crippen LogP contribution in [-0.2, 0) is 11.3 Å². The van der Waals surface area contributed by atoms with Gasteiger partial charge in [0, 0.05) is 6.54 Å². The first-order valence-electron chi connectivity index (χ1n) is 5.74. The van der Waals surface area contributed by atoms with Crippen molar-refractivity contribution in [2.75, 3.05) is 0 Å². The average Bonchev–Trinajstić information content (AvgIpc) is 2.69. The number of thioether (sulfide) groups is 1. The molecule has 0 spiro atoms. The van der Waals surface area contributed by atoms with Gasteiger partial charge in [-0.25, -0.2) is 0 Å². The maximum atomic E-state index is 11.6. The first-order chi connectivity index (χ1) is 8.16. The smallest absolute Gasteiger partial charge is 0.261 e. The lowest BCUT2D eigenvalue weighted by molar-refractivity contribution is -0.117. The fourth-order valence-electron chi connectivity index (χ4n) is 1.64. The number of amides is 1. The molecule has 0 saturated carbocycles. The quantitative estimate of drug-likeness (QED) is 0.893. The van der Waals surface area contributed by atoms with E-state index in [0.29, 0.717) is 12.5 Å². The standard InChI is InChI=1S/C13H16N2OS/c1-9(2)11-12(16)15-13(17-11)14-8-10-6-4-3-5-7-10/h3-7,9,11H,8H2,1-2H3,(H,14,15,16)/t11-/m1/s1. The van der Waals surface area contributed by atoms with Crippen LogP contribution in [0.25, 0.3) is 0 Å². The summed E-state index contributed by atoms with van der Waals surface area (Å²) in [6.07, 6.45) is 0. The van der Waals surface area contributed by atoms with Gasteiger partial charge in [-0.3, -0.25) is 4.79 Å². The predicted molar refractivity (Wildman–Crippen MR) is 71.9 cm³/mol. The molecule has 1 aliphatic heterocycles. The van der Waals surface area contributed by atoms with Crippen molar-refractivity contribution in [3.63, 3.8) is 0 Å². The summed E-state index contributed by atoms with van der Waals surface area (Å²) in [5, 5.41) is 3.93. The van der Waals surface area contributed by atoms with Gasteiger partial charge in [-0.15, -0.1) is 0 Å². The van der Waals surface area contributed by atoms with Crippen molar-refractivity contribution in [3.8, 4) is 0 Å². The zero-order valence-electron chi connectivity index (χ0n) is 10.0. The van der Waals surface area contributed by atoms with Gasteiger partial charge in [0.15, 0.2) is 5.17 Å². The molecular weight excluding hydrogens is 232 g/mol. The van der Waals surface area contributed by atoms with E-state index in [1.54, 1.807) is 0 Å². The molecule has 17 heavy (non-hydrogen) atoms. The fraction of sp³-hybridized carbons (Fsp3) is 0.385. The summed E-state index contributed by atoms with van der Waals surface area (Å²) < 4.78 is 0. The van der Waals surface area contributed by atoms with Crippen LogP contribution in [0.1, 0.15) is 19.4 Å². The maximum absolute atomic E-state index is 11.6. The molecule has 1 amide bonds. The summed E-state index contributed by atoms with van der Waals surface area (Å²) in [5.74, 6) is 0.313. The first kappa shape index (κ1) is 12.2. The number of rotatable bonds is 3. The Kier molecular flexibility index (Phi) is 3.84. The van der Waals surface area contributed by atoms with Crippen LogP contribution in [-0.4, -0.2) is 16.3 Å². The Morgan fingerprint density at radius 1 is 1.35 bits per heavy atom. The van der Waals surface area contributed by atoms with Gasteiger partial charge in [0.05, 0.1) is 5.25 Å². The molecule has 1 heterocycles. The van der Waals surface area contributed by atoms with E-state index in [4.69, 9.17) is 0 Å². The van der Waals surface area contributed by atoms with E-state index in [1.165, 1.54) is 17.3 Å². The number of hydrogen-bond acceptors (Lipinski definition) is 3. The molecule has 4 heteroatoms. The second kappa shape index (κ2) is 5.36. The fourth-order valence-corrected chi connectivity index (χ4v) is 2.60. The minimum atomic E-state index is -0.0201. The number of nitrogens with one attached hydrogen (secondary N) is 1. The minimum absolute atomic E-state index is 0.0134. The third kappa shape index (κ3) is 3.09. The molecule has 1 N–H and O–H groups in total. The molecule has 0 saturated heterocycles. The van der Waals surface area contributed by atoms with Gasteiger partial charge in [-0.1, -0.05) is 55.9 Å². The van der Waals surface area contributed by atoms with Crippen molar-refractivity contribution in [2.45, 2.75) is 25.6 Å². The monoisotopic (exact) mass is 248 g/mol. The van der Waals surface area contributed by atoms with Gasteiger partial charge in [-0.05, 0) is 11.5 Å². The number of benzene rings is 1. The van der Waals surface area contributed by atoms with Gasteiger partial charge in [0.2, 0.25) is 0 Å². The topological polar surface area (TPSA) is 41.5 Å². The number of hydrogen-bond donors (Lipinski definition) is 1. The minimum Gasteiger partial charge on any atom is -0.360 e. The lowest BCUT2D eigenvalue weighted by atomic mass is 10.1. The Labute approximate surface area is 106 Å². The molecule has 1 atom stereocenters. The lowest BCUT2D eigenvalue weighted by Crippen LogP contribution is -2.20. The molecule has 1 aromatic carbocycles. The summed E-state index contributed by atoms with van der Waals surface area (Å²) in [6.45, 7) is 4.81. The summed E-state index contributed by atoms with van der Waals surface area (Å²) in [6, 6.07) is 10.1. The number of amidine groups is 1. The van der Waals surface area contributed by atoms with Crippen molar-refractivity contribution in [2.24, 2.45) is 10.9 Å². The van der Waals surface area contributed by atoms with Crippen molar-refractivity contribution in [1.82, 2.24) is 5.32 Å². The molecule has 3 nitrogen and oxygen atoms in total. The Morgan fingerprint density at radius 2 is 2.06 bits per heavy atom. The van der Waals surface area contributed by atoms with Crippen molar-refractivity contribution >= 4 is 22.8 Å². The molecule has 2 rings (SSSR count). The van der Waals surface area contributed by atoms with Crippen molar-refractivity contribution in [3.05, 3.63) is 35.9 Å². The Hall–Kier alpha value is -1.29. The van der Waals surface area contributed by atoms with Crippen LogP contribution in [0.15, 0.2) is 35.3 Å². The highest BCUT2D eigenvalue weighted by atomic mass is 32.2. The van der Waals surface area contributed by atoms with E-state index in [0.717, 1.165) is 5.17 Å². The highest BCUT2D eigenvalue weighted by Crippen LogP contribution is 2.27. The normalized spacial score (nSPS) is 19.6. The van der Waals surface area contributed by atoms with Gasteiger partial charge in [0.1, 0.15) is 0 Å². The summed E-state index contributed by atoms with van der Waals surface area (Å²) in [7, 11) is 0. The number of nitrogens with zero attached hydrogens (tertiary/aromatic N) is 1. The van der Waals surface area contributed by atoms with Gasteiger partial charge in [-0.2, -0.15) is 4.99 Å². The number of carbonyl (C=O) groups is 1. The molecule has 90 valence electrons. The summed E-state index contributed by atoms with van der Waals surface area (Å²) in [5.41, 5.74) is 1.19. The lowest BCUT2D eigenvalue weighted by Gasteiger charge is -2.10. The highest BCUT2D eigenvalue weighted by Gasteiger charge is 2.30. The third-order valence-electron chi connectivity index (χ3n) is 2.59. The molecule has 0 bridgehead atoms. The van der Waals surface area contributed by atoms with Gasteiger partial charge >= 0.3 is 0 Å². The maximum Gasteiger partial charge on any atom is 0.261 e. The van der Waals surface area contributed by atoms with Crippen LogP contribution in [0.3, 0.4) is 0 Å². The molecule has 0 fully saturated rings. The van der Waals surface area contributed by atoms with Crippen LogP contribution in [0.2, 0.25) is 0 Å². The van der Waals surface area contributed by atoms with Crippen molar-refractivity contribution < 1.29 is 4.79 Å². The highest BCUT2D eigenvalue weighted by molar-refractivity contribution is 8.15. The molecule has 0 aromatic heterocycles. The van der Waals surface area contributed by atoms with E-state index in [1.807, 2.05) is 32.0 Å². The SMILES string of the molecule is CC(C)[C@H]1SC(NCc2ccccc2)=NC1=O. The van der Waals surface area contributed by atoms with Gasteiger partial charge < -0.3 is 5.32 Å². The second-order valence-electron chi connectivity index (χ2n) is 4.38. The molecular formula is C13H16N2OS. The third-order valence-corrected chi connectivity index (χ3v) is 4.04. The predicted octanol–water partition coefficient (Wildman–Crippen LogP) is 2.43. The Balaban J connectivity index is 1.90. The molecule has 0 aliphatic carbocycles. The van der Waals surface area contributed by atoms with E-state index >= 15 is 0 Å². The van der Waals surface area contributed by atoms with Crippen LogP contribution in [0.5, 0.6) is 0 Å². The van der Waals surface area contributed by atoms with Crippen LogP contribution in [0, 0.1) is 5.92 Å². The average molecular weight is 248 g/mol. The zero-order valence-corrected chi connectivity index (χ0v) is 10.8. The summed E-state index contributed by atoms with van der Waals surface area (Å²) >= 11 is 1.54. The number of carbonyl (C=O) groups excluding carboxylic acids is 1. The summed E-state index contributed by atoms with van der Waals surface area (Å²) in [4.78, 5) is 15.6. The Morgan fingerprint density at radius 3 is 2.65 bits per heavy atom. The van der Waals surface area contributed by atoms with E-state index in [-0.39, 0.29) is 11.2 Å². The van der Waals surface area contributed by atoms with Crippen LogP contribution >= 0.6 is 11.8 Å². The van der Waals surface area contributed by atoms with Crippen molar-refractivity contribution in [1.29, 1.82) is 0 Å². The van der Waals surface area contributed by atoms with E-state index in [9.17, 15) is 4.79 Å². The Bertz CT molecular complexity index is 428. The first-order valence-corrected chi connectivity index (χ1v) is 6.62. The van der Waals surface area contributed by atoms with E-state index in [2.05, 4.69) is 22.4 Å². The number of aliphatic imine (C=N–C) groups is 1. The second-order valence-corrected chi connectivity index (χ2v) is 5.51. The zero-order chi connectivity index (χ0) is 12.3. The molecule has 0 unspecified atom stereocenters. The molecule has 0 radical (unpaired) electrons. The largest absolute Gasteiger partial charge is 0.360 e. The molecule has 1 aromatic rings. The van der Waals surface area contributed by atoms with Crippen LogP contribution in [0.4, 0.5) is 0 Å².